The number of H-pyrrole nitrogens is 1. The molecule has 0 spiro atoms. The fraction of sp³-hybridized carbons (Fsp3) is 0.167. The molecule has 0 atom stereocenters. The van der Waals surface area contributed by atoms with E-state index in [1.165, 1.54) is 0 Å². The molecule has 2 N–H and O–H groups in total. The van der Waals surface area contributed by atoms with Crippen molar-refractivity contribution >= 4 is 16.8 Å². The van der Waals surface area contributed by atoms with E-state index in [2.05, 4.69) is 23.5 Å². The molecule has 0 aliphatic carbocycles. The van der Waals surface area contributed by atoms with Gasteiger partial charge in [0, 0.05) is 16.6 Å². The van der Waals surface area contributed by atoms with Crippen molar-refractivity contribution in [2.75, 3.05) is 7.11 Å². The van der Waals surface area contributed by atoms with Crippen molar-refractivity contribution in [2.24, 2.45) is 0 Å². The smallest absolute Gasteiger partial charge is 0.272 e. The minimum absolute atomic E-state index is 0.229. The number of methoxy groups -OCH3 is 1. The van der Waals surface area contributed by atoms with Crippen molar-refractivity contribution in [2.45, 2.75) is 13.8 Å². The highest BCUT2D eigenvalue weighted by Crippen LogP contribution is 2.21. The quantitative estimate of drug-likeness (QED) is 0.813. The van der Waals surface area contributed by atoms with Gasteiger partial charge in [-0.2, -0.15) is 0 Å². The van der Waals surface area contributed by atoms with Crippen LogP contribution in [-0.2, 0) is 0 Å². The summed E-state index contributed by atoms with van der Waals surface area (Å²) in [5.41, 5.74) is 1.95. The summed E-state index contributed by atoms with van der Waals surface area (Å²) < 4.78 is 5.16. The van der Waals surface area contributed by atoms with E-state index in [0.29, 0.717) is 11.4 Å². The van der Waals surface area contributed by atoms with Crippen LogP contribution < -0.4 is 10.1 Å². The van der Waals surface area contributed by atoms with Gasteiger partial charge in [0.05, 0.1) is 7.11 Å². The van der Waals surface area contributed by atoms with Gasteiger partial charge in [0.1, 0.15) is 11.4 Å². The van der Waals surface area contributed by atoms with E-state index in [4.69, 9.17) is 4.74 Å². The summed E-state index contributed by atoms with van der Waals surface area (Å²) in [6.07, 6.45) is 4.83. The van der Waals surface area contributed by atoms with Gasteiger partial charge in [0.25, 0.3) is 5.91 Å². The number of hydrogen-bond acceptors (Lipinski definition) is 2. The molecule has 4 heteroatoms. The molecular formula is C18H22N2O2. The number of ether oxygens (including phenoxy) is 1. The first kappa shape index (κ1) is 17.3. The minimum atomic E-state index is -0.229. The van der Waals surface area contributed by atoms with Crippen molar-refractivity contribution in [3.63, 3.8) is 0 Å². The number of allylic oxidation sites excluding steroid dienone is 3. The Bertz CT molecular complexity index is 696. The van der Waals surface area contributed by atoms with Gasteiger partial charge in [-0.05, 0) is 36.4 Å². The summed E-state index contributed by atoms with van der Waals surface area (Å²) >= 11 is 0. The largest absolute Gasteiger partial charge is 0.497 e. The number of amides is 1. The number of carbonyl (C=O) groups is 1. The Morgan fingerprint density at radius 2 is 2.00 bits per heavy atom. The van der Waals surface area contributed by atoms with Gasteiger partial charge in [-0.25, -0.2) is 0 Å². The van der Waals surface area contributed by atoms with Gasteiger partial charge in [0.15, 0.2) is 0 Å². The summed E-state index contributed by atoms with van der Waals surface area (Å²) in [6, 6.07) is 7.37. The number of hydrogen-bond donors (Lipinski definition) is 2. The molecule has 2 aromatic rings. The Morgan fingerprint density at radius 1 is 1.27 bits per heavy atom. The number of rotatable bonds is 5. The number of aromatic nitrogens is 1. The van der Waals surface area contributed by atoms with E-state index in [1.807, 2.05) is 32.0 Å². The van der Waals surface area contributed by atoms with E-state index in [9.17, 15) is 4.79 Å². The van der Waals surface area contributed by atoms with Crippen molar-refractivity contribution < 1.29 is 9.53 Å². The maximum atomic E-state index is 12.1. The molecule has 0 aliphatic heterocycles. The van der Waals surface area contributed by atoms with Crippen LogP contribution in [-0.4, -0.2) is 18.0 Å². The molecule has 0 aliphatic rings. The monoisotopic (exact) mass is 298 g/mol. The highest BCUT2D eigenvalue weighted by atomic mass is 16.5. The van der Waals surface area contributed by atoms with E-state index in [1.54, 1.807) is 31.4 Å². The molecule has 22 heavy (non-hydrogen) atoms. The Hall–Kier alpha value is -2.75. The third-order valence-corrected chi connectivity index (χ3v) is 2.85. The maximum absolute atomic E-state index is 12.1. The van der Waals surface area contributed by atoms with Crippen molar-refractivity contribution in [3.05, 3.63) is 67.0 Å². The van der Waals surface area contributed by atoms with Crippen LogP contribution in [0.25, 0.3) is 10.9 Å². The van der Waals surface area contributed by atoms with Crippen LogP contribution >= 0.6 is 0 Å². The van der Waals surface area contributed by atoms with E-state index < -0.39 is 0 Å². The van der Waals surface area contributed by atoms with Crippen molar-refractivity contribution in [1.29, 1.82) is 0 Å². The number of benzene rings is 1. The lowest BCUT2D eigenvalue weighted by Crippen LogP contribution is -2.21. The normalized spacial score (nSPS) is 10.4. The highest BCUT2D eigenvalue weighted by molar-refractivity contribution is 5.99. The third kappa shape index (κ3) is 4.12. The zero-order chi connectivity index (χ0) is 16.5. The molecular weight excluding hydrogens is 276 g/mol. The zero-order valence-corrected chi connectivity index (χ0v) is 13.3. The van der Waals surface area contributed by atoms with Gasteiger partial charge in [-0.15, -0.1) is 0 Å². The van der Waals surface area contributed by atoms with E-state index >= 15 is 0 Å². The molecule has 1 aromatic carbocycles. The van der Waals surface area contributed by atoms with Crippen molar-refractivity contribution in [1.82, 2.24) is 10.3 Å². The highest BCUT2D eigenvalue weighted by Gasteiger charge is 2.10. The summed E-state index contributed by atoms with van der Waals surface area (Å²) in [4.78, 5) is 15.2. The fourth-order valence-electron chi connectivity index (χ4n) is 1.85. The van der Waals surface area contributed by atoms with Crippen LogP contribution in [0.2, 0.25) is 0 Å². The van der Waals surface area contributed by atoms with E-state index in [-0.39, 0.29) is 5.91 Å². The lowest BCUT2D eigenvalue weighted by Gasteiger charge is -2.02. The SMILES string of the molecule is C=C/C=C(\C=C)NC(=O)c1cc2cc(OC)ccc2[nH]1.CC. The Morgan fingerprint density at radius 3 is 2.59 bits per heavy atom. The van der Waals surface area contributed by atoms with E-state index in [0.717, 1.165) is 16.7 Å². The molecule has 1 amide bonds. The Balaban J connectivity index is 0.00000116. The van der Waals surface area contributed by atoms with Crippen LogP contribution in [0.1, 0.15) is 24.3 Å². The average molecular weight is 298 g/mol. The van der Waals surface area contributed by atoms with Crippen molar-refractivity contribution in [3.8, 4) is 5.75 Å². The number of aromatic amines is 1. The molecule has 0 bridgehead atoms. The predicted molar refractivity (Wildman–Crippen MR) is 92.1 cm³/mol. The first-order valence-electron chi connectivity index (χ1n) is 7.11. The van der Waals surface area contributed by atoms with Gasteiger partial charge in [-0.1, -0.05) is 33.1 Å². The lowest BCUT2D eigenvalue weighted by atomic mass is 10.2. The van der Waals surface area contributed by atoms with Gasteiger partial charge < -0.3 is 15.0 Å². The van der Waals surface area contributed by atoms with Crippen LogP contribution in [0, 0.1) is 0 Å². The first-order valence-corrected chi connectivity index (χ1v) is 7.11. The zero-order valence-electron chi connectivity index (χ0n) is 13.3. The molecule has 1 aromatic heterocycles. The molecule has 0 radical (unpaired) electrons. The van der Waals surface area contributed by atoms with Gasteiger partial charge in [0.2, 0.25) is 0 Å². The summed E-state index contributed by atoms with van der Waals surface area (Å²) in [5.74, 6) is 0.523. The molecule has 2 rings (SSSR count). The van der Waals surface area contributed by atoms with Gasteiger partial charge in [-0.3, -0.25) is 4.79 Å². The number of fused-ring (bicyclic) bond motifs is 1. The van der Waals surface area contributed by atoms with Gasteiger partial charge >= 0.3 is 0 Å². The fourth-order valence-corrected chi connectivity index (χ4v) is 1.85. The van der Waals surface area contributed by atoms with Crippen LogP contribution in [0.3, 0.4) is 0 Å². The summed E-state index contributed by atoms with van der Waals surface area (Å²) in [5, 5.41) is 3.66. The van der Waals surface area contributed by atoms with Crippen LogP contribution in [0.5, 0.6) is 5.75 Å². The molecule has 0 unspecified atom stereocenters. The summed E-state index contributed by atoms with van der Waals surface area (Å²) in [7, 11) is 1.61. The average Bonchev–Trinajstić information content (AvgIpc) is 2.99. The van der Waals surface area contributed by atoms with Crippen LogP contribution in [0.15, 0.2) is 61.3 Å². The Kier molecular flexibility index (Phi) is 6.70. The topological polar surface area (TPSA) is 54.1 Å². The number of carbonyl (C=O) groups excluding carboxylic acids is 1. The standard InChI is InChI=1S/C16H16N2O2.C2H6/c1-4-6-12(5-2)17-16(19)15-10-11-9-13(20-3)7-8-14(11)18-15;1-2/h4-10,18H,1-2H2,3H3,(H,17,19);1-2H3/b12-6+;. The number of nitrogens with one attached hydrogen (secondary N) is 2. The maximum Gasteiger partial charge on any atom is 0.272 e. The second-order valence-corrected chi connectivity index (χ2v) is 4.15. The second-order valence-electron chi connectivity index (χ2n) is 4.15. The first-order chi connectivity index (χ1) is 10.7. The molecule has 116 valence electrons. The Labute approximate surface area is 131 Å². The molecule has 0 saturated carbocycles. The minimum Gasteiger partial charge on any atom is -0.497 e. The molecule has 0 saturated heterocycles. The lowest BCUT2D eigenvalue weighted by molar-refractivity contribution is 0.0963. The van der Waals surface area contributed by atoms with Crippen LogP contribution in [0.4, 0.5) is 0 Å². The molecule has 1 heterocycles. The predicted octanol–water partition coefficient (Wildman–Crippen LogP) is 4.19. The molecule has 0 fully saturated rings. The third-order valence-electron chi connectivity index (χ3n) is 2.85. The summed E-state index contributed by atoms with van der Waals surface area (Å²) in [6.45, 7) is 11.2. The molecule has 4 nitrogen and oxygen atoms in total. The second kappa shape index (κ2) is 8.52.